The third-order valence-corrected chi connectivity index (χ3v) is 8.92. The van der Waals surface area contributed by atoms with E-state index in [1.807, 2.05) is 0 Å². The molecule has 1 radical (unpaired) electrons. The molecule has 37 heavy (non-hydrogen) atoms. The molecule has 0 fully saturated rings. The van der Waals surface area contributed by atoms with Crippen LogP contribution in [0, 0.1) is 26.8 Å². The van der Waals surface area contributed by atoms with E-state index in [9.17, 15) is 0 Å². The van der Waals surface area contributed by atoms with Crippen LogP contribution in [0.25, 0.3) is 22.3 Å². The van der Waals surface area contributed by atoms with Gasteiger partial charge in [0.1, 0.15) is 11.9 Å². The van der Waals surface area contributed by atoms with E-state index in [1.165, 1.54) is 72.8 Å². The number of benzene rings is 4. The van der Waals surface area contributed by atoms with Gasteiger partial charge in [-0.15, -0.1) is 11.1 Å². The van der Waals surface area contributed by atoms with Gasteiger partial charge in [0.15, 0.2) is 0 Å². The molecule has 4 aromatic rings. The topological polar surface area (TPSA) is 15.7 Å². The Kier molecular flexibility index (Phi) is 5.21. The van der Waals surface area contributed by atoms with Crippen molar-refractivity contribution < 1.29 is 24.2 Å². The minimum atomic E-state index is -0.132. The summed E-state index contributed by atoms with van der Waals surface area (Å²) < 4.78 is 5.81. The van der Waals surface area contributed by atoms with Gasteiger partial charge in [0, 0.05) is 16.5 Å². The first kappa shape index (κ1) is 24.3. The largest absolute Gasteiger partial charge is 1.00 e. The molecule has 0 N–H and O–H groups in total. The van der Waals surface area contributed by atoms with Gasteiger partial charge in [0.25, 0.3) is 0 Å². The fourth-order valence-electron chi connectivity index (χ4n) is 6.94. The predicted octanol–water partition coefficient (Wildman–Crippen LogP) is 8.34. The maximum Gasteiger partial charge on any atom is 1.00 e. The Balaban J connectivity index is 0.00000252. The average Bonchev–Trinajstić information content (AvgIpc) is 3.08. The molecule has 4 heteroatoms. The van der Waals surface area contributed by atoms with E-state index in [0.717, 1.165) is 5.75 Å². The van der Waals surface area contributed by atoms with E-state index in [2.05, 4.69) is 112 Å². The van der Waals surface area contributed by atoms with Crippen molar-refractivity contribution in [3.05, 3.63) is 88.5 Å². The van der Waals surface area contributed by atoms with Crippen molar-refractivity contribution in [1.82, 2.24) is 0 Å². The Hall–Kier alpha value is -3.10. The second kappa shape index (κ2) is 7.95. The minimum Gasteiger partial charge on any atom is -0.496 e. The molecule has 0 unspecified atom stereocenters. The maximum absolute atomic E-state index is 5.81. The van der Waals surface area contributed by atoms with Crippen LogP contribution in [0.15, 0.2) is 54.6 Å². The summed E-state index contributed by atoms with van der Waals surface area (Å²) in [5.41, 5.74) is 16.7. The van der Waals surface area contributed by atoms with E-state index < -0.39 is 0 Å². The van der Waals surface area contributed by atoms with Crippen molar-refractivity contribution in [2.45, 2.75) is 53.1 Å². The smallest absolute Gasteiger partial charge is 0.496 e. The number of aryl methyl sites for hydroxylation is 1. The van der Waals surface area contributed by atoms with Crippen LogP contribution < -0.4 is 14.5 Å². The molecule has 1 atom stereocenters. The molecule has 0 aliphatic carbocycles. The zero-order valence-electron chi connectivity index (χ0n) is 22.4. The molecule has 0 saturated carbocycles. The second-order valence-corrected chi connectivity index (χ2v) is 11.0. The van der Waals surface area contributed by atoms with Crippen molar-refractivity contribution in [2.24, 2.45) is 0 Å². The van der Waals surface area contributed by atoms with E-state index in [4.69, 9.17) is 4.74 Å². The quantitative estimate of drug-likeness (QED) is 0.168. The van der Waals surface area contributed by atoms with Crippen molar-refractivity contribution in [2.75, 3.05) is 16.9 Å². The molecule has 7 rings (SSSR count). The summed E-state index contributed by atoms with van der Waals surface area (Å²) in [6.07, 6.45) is 0.106. The Labute approximate surface area is 232 Å². The number of hydrogen-bond acceptors (Lipinski definition) is 3. The summed E-state index contributed by atoms with van der Waals surface area (Å²) in [4.78, 5) is 5.18. The third-order valence-electron chi connectivity index (χ3n) is 8.92. The SMILES string of the molecule is COc1ccc2c(c1C)N1c3c(ccc4c3N(c3c(c[c-]c(C)c3C)-c3ccccc3-4)[C@@H]1C)C2(C)C.[Ru+]. The van der Waals surface area contributed by atoms with E-state index in [0.29, 0.717) is 0 Å². The van der Waals surface area contributed by atoms with Crippen LogP contribution in [0.2, 0.25) is 0 Å². The van der Waals surface area contributed by atoms with Gasteiger partial charge in [-0.25, -0.2) is 0 Å². The molecular weight excluding hydrogens is 541 g/mol. The first-order chi connectivity index (χ1) is 17.3. The maximum atomic E-state index is 5.81. The molecule has 0 spiro atoms. The molecule has 0 amide bonds. The Morgan fingerprint density at radius 3 is 2.05 bits per heavy atom. The van der Waals surface area contributed by atoms with Crippen molar-refractivity contribution in [3.8, 4) is 28.0 Å². The molecule has 3 aliphatic heterocycles. The fraction of sp³-hybridized carbons (Fsp3) is 0.273. The number of rotatable bonds is 1. The normalized spacial score (nSPS) is 17.2. The standard InChI is InChI=1S/C33H31N2O.Ru/c1-18-12-13-24-22-10-8-9-11-23(22)25-14-15-27-32-31(25)34(29(24)19(18)2)21(4)35(32)30-20(3)28(36-7)17-16-26(30)33(27,5)6;/h8-11,13-17,21H,1-7H3;/q-1;+1/t21-;/m0./s1. The molecule has 3 heterocycles. The van der Waals surface area contributed by atoms with Crippen molar-refractivity contribution >= 4 is 22.7 Å². The van der Waals surface area contributed by atoms with Crippen LogP contribution in [0.4, 0.5) is 22.7 Å². The first-order valence-electron chi connectivity index (χ1n) is 12.8. The number of anilines is 4. The zero-order valence-corrected chi connectivity index (χ0v) is 24.2. The molecule has 3 nitrogen and oxygen atoms in total. The predicted molar refractivity (Wildman–Crippen MR) is 149 cm³/mol. The second-order valence-electron chi connectivity index (χ2n) is 11.0. The average molecular weight is 573 g/mol. The summed E-state index contributed by atoms with van der Waals surface area (Å²) in [5, 5.41) is 0. The van der Waals surface area contributed by atoms with Crippen LogP contribution in [0.1, 0.15) is 48.6 Å². The van der Waals surface area contributed by atoms with E-state index in [-0.39, 0.29) is 31.1 Å². The van der Waals surface area contributed by atoms with Gasteiger partial charge in [-0.2, -0.15) is 17.7 Å². The summed E-state index contributed by atoms with van der Waals surface area (Å²) in [7, 11) is 1.77. The number of fused-ring (bicyclic) bond motifs is 7. The van der Waals surface area contributed by atoms with Crippen LogP contribution >= 0.6 is 0 Å². The first-order valence-corrected chi connectivity index (χ1v) is 12.8. The van der Waals surface area contributed by atoms with Gasteiger partial charge in [0.05, 0.1) is 24.2 Å². The van der Waals surface area contributed by atoms with Crippen LogP contribution in [0.5, 0.6) is 5.75 Å². The zero-order chi connectivity index (χ0) is 25.1. The fourth-order valence-corrected chi connectivity index (χ4v) is 6.94. The Morgan fingerprint density at radius 1 is 0.730 bits per heavy atom. The van der Waals surface area contributed by atoms with Crippen LogP contribution in [0.3, 0.4) is 0 Å². The van der Waals surface area contributed by atoms with Crippen molar-refractivity contribution in [3.63, 3.8) is 0 Å². The molecule has 4 aromatic carbocycles. The molecule has 0 aromatic heterocycles. The van der Waals surface area contributed by atoms with Crippen LogP contribution in [-0.4, -0.2) is 13.3 Å². The summed E-state index contributed by atoms with van der Waals surface area (Å²) in [6.45, 7) is 13.7. The summed E-state index contributed by atoms with van der Waals surface area (Å²) in [6, 6.07) is 23.7. The summed E-state index contributed by atoms with van der Waals surface area (Å²) >= 11 is 0. The molecule has 0 saturated heterocycles. The number of ether oxygens (including phenoxy) is 1. The molecule has 187 valence electrons. The van der Waals surface area contributed by atoms with Gasteiger partial charge >= 0.3 is 19.5 Å². The monoisotopic (exact) mass is 573 g/mol. The molecular formula is C33H31N2ORu. The number of hydrogen-bond donors (Lipinski definition) is 0. The van der Waals surface area contributed by atoms with Gasteiger partial charge in [0.2, 0.25) is 0 Å². The van der Waals surface area contributed by atoms with E-state index in [1.54, 1.807) is 7.11 Å². The minimum absolute atomic E-state index is 0. The van der Waals surface area contributed by atoms with E-state index >= 15 is 0 Å². The van der Waals surface area contributed by atoms with Gasteiger partial charge in [-0.1, -0.05) is 81.4 Å². The van der Waals surface area contributed by atoms with Gasteiger partial charge in [-0.3, -0.25) is 0 Å². The molecule has 0 bridgehead atoms. The van der Waals surface area contributed by atoms with Crippen LogP contribution in [-0.2, 0) is 24.9 Å². The van der Waals surface area contributed by atoms with Gasteiger partial charge in [-0.05, 0) is 36.6 Å². The molecule has 3 aliphatic rings. The van der Waals surface area contributed by atoms with Crippen molar-refractivity contribution in [1.29, 1.82) is 0 Å². The summed E-state index contributed by atoms with van der Waals surface area (Å²) in [5.74, 6) is 0.941. The Morgan fingerprint density at radius 2 is 1.35 bits per heavy atom. The van der Waals surface area contributed by atoms with Gasteiger partial charge < -0.3 is 14.5 Å². The third kappa shape index (κ3) is 2.86. The number of methoxy groups -OCH3 is 1. The Bertz CT molecular complexity index is 1620. The number of nitrogens with zero attached hydrogens (tertiary/aromatic N) is 2.